The molecule has 1 N–H and O–H groups in total. The Balaban J connectivity index is 2.93. The van der Waals surface area contributed by atoms with Crippen molar-refractivity contribution in [2.75, 3.05) is 14.2 Å². The Morgan fingerprint density at radius 3 is 2.57 bits per heavy atom. The number of likely N-dealkylation sites (N-methyl/N-ethyl adjacent to an activating group) is 1. The van der Waals surface area contributed by atoms with Crippen LogP contribution in [-0.2, 0) is 0 Å². The monoisotopic (exact) mass is 197 g/mol. The summed E-state index contributed by atoms with van der Waals surface area (Å²) in [6.07, 6.45) is -1.05. The molecule has 3 heteroatoms. The molecule has 0 saturated heterocycles. The van der Waals surface area contributed by atoms with Gasteiger partial charge >= 0.3 is 0 Å². The number of para-hydroxylation sites is 1. The highest BCUT2D eigenvalue weighted by Gasteiger charge is 2.19. The minimum Gasteiger partial charge on any atom is -0.496 e. The number of hydrogen-bond acceptors (Lipinski definition) is 2. The number of rotatable bonds is 4. The van der Waals surface area contributed by atoms with Crippen LogP contribution >= 0.6 is 0 Å². The third kappa shape index (κ3) is 2.23. The van der Waals surface area contributed by atoms with Gasteiger partial charge < -0.3 is 10.1 Å². The van der Waals surface area contributed by atoms with Crippen molar-refractivity contribution in [3.8, 4) is 5.75 Å². The van der Waals surface area contributed by atoms with Gasteiger partial charge in [0.05, 0.1) is 7.11 Å². The Kier molecular flexibility index (Phi) is 3.89. The van der Waals surface area contributed by atoms with E-state index >= 15 is 0 Å². The van der Waals surface area contributed by atoms with E-state index in [1.165, 1.54) is 0 Å². The Hall–Kier alpha value is -1.09. The van der Waals surface area contributed by atoms with Crippen LogP contribution in [-0.4, -0.2) is 20.2 Å². The Morgan fingerprint density at radius 2 is 2.00 bits per heavy atom. The van der Waals surface area contributed by atoms with Crippen molar-refractivity contribution in [3.63, 3.8) is 0 Å². The van der Waals surface area contributed by atoms with E-state index in [0.29, 0.717) is 11.3 Å². The summed E-state index contributed by atoms with van der Waals surface area (Å²) in [5, 5.41) is 2.88. The smallest absolute Gasteiger partial charge is 0.144 e. The fourth-order valence-corrected chi connectivity index (χ4v) is 1.31. The Labute approximate surface area is 84.1 Å². The first-order valence-electron chi connectivity index (χ1n) is 4.65. The number of alkyl halides is 1. The van der Waals surface area contributed by atoms with Crippen molar-refractivity contribution in [1.29, 1.82) is 0 Å². The van der Waals surface area contributed by atoms with Gasteiger partial charge in [-0.2, -0.15) is 0 Å². The van der Waals surface area contributed by atoms with E-state index in [0.717, 1.165) is 0 Å². The summed E-state index contributed by atoms with van der Waals surface area (Å²) in [6, 6.07) is 6.94. The zero-order valence-electron chi connectivity index (χ0n) is 8.75. The van der Waals surface area contributed by atoms with Gasteiger partial charge in [-0.15, -0.1) is 0 Å². The quantitative estimate of drug-likeness (QED) is 0.799. The van der Waals surface area contributed by atoms with Gasteiger partial charge in [0.2, 0.25) is 0 Å². The van der Waals surface area contributed by atoms with Crippen LogP contribution < -0.4 is 10.1 Å². The van der Waals surface area contributed by atoms with Crippen LogP contribution in [0, 0.1) is 0 Å². The van der Waals surface area contributed by atoms with Crippen LogP contribution in [0.1, 0.15) is 18.7 Å². The fourth-order valence-electron chi connectivity index (χ4n) is 1.31. The zero-order valence-corrected chi connectivity index (χ0v) is 8.75. The SMILES string of the molecule is CNC(C)C(F)c1ccccc1OC. The second-order valence-electron chi connectivity index (χ2n) is 3.22. The summed E-state index contributed by atoms with van der Waals surface area (Å²) >= 11 is 0. The summed E-state index contributed by atoms with van der Waals surface area (Å²) in [5.41, 5.74) is 0.594. The maximum Gasteiger partial charge on any atom is 0.144 e. The van der Waals surface area contributed by atoms with E-state index in [2.05, 4.69) is 5.32 Å². The lowest BCUT2D eigenvalue weighted by Gasteiger charge is -2.18. The van der Waals surface area contributed by atoms with Crippen LogP contribution in [0.3, 0.4) is 0 Å². The minimum atomic E-state index is -1.05. The summed E-state index contributed by atoms with van der Waals surface area (Å²) in [4.78, 5) is 0. The average molecular weight is 197 g/mol. The van der Waals surface area contributed by atoms with Crippen molar-refractivity contribution >= 4 is 0 Å². The molecular formula is C11H16FNO. The van der Waals surface area contributed by atoms with E-state index in [1.807, 2.05) is 12.1 Å². The molecule has 0 fully saturated rings. The van der Waals surface area contributed by atoms with Crippen LogP contribution in [0.5, 0.6) is 5.75 Å². The lowest BCUT2D eigenvalue weighted by atomic mass is 10.0. The first-order valence-corrected chi connectivity index (χ1v) is 4.65. The van der Waals surface area contributed by atoms with Gasteiger partial charge in [-0.1, -0.05) is 18.2 Å². The Morgan fingerprint density at radius 1 is 1.36 bits per heavy atom. The third-order valence-electron chi connectivity index (χ3n) is 2.33. The van der Waals surface area contributed by atoms with Crippen molar-refractivity contribution in [2.45, 2.75) is 19.1 Å². The molecule has 0 aliphatic carbocycles. The molecule has 0 aromatic heterocycles. The van der Waals surface area contributed by atoms with Gasteiger partial charge in [0.1, 0.15) is 11.9 Å². The molecule has 0 radical (unpaired) electrons. The van der Waals surface area contributed by atoms with Crippen LogP contribution in [0.15, 0.2) is 24.3 Å². The van der Waals surface area contributed by atoms with Crippen LogP contribution in [0.2, 0.25) is 0 Å². The number of halogens is 1. The number of ether oxygens (including phenoxy) is 1. The number of methoxy groups -OCH3 is 1. The Bertz CT molecular complexity index is 290. The molecule has 0 amide bonds. The molecule has 0 aliphatic rings. The molecule has 1 aromatic rings. The second kappa shape index (κ2) is 4.96. The maximum atomic E-state index is 13.8. The summed E-state index contributed by atoms with van der Waals surface area (Å²) < 4.78 is 18.9. The highest BCUT2D eigenvalue weighted by Crippen LogP contribution is 2.29. The molecule has 1 rings (SSSR count). The number of benzene rings is 1. The first-order chi connectivity index (χ1) is 6.70. The van der Waals surface area contributed by atoms with Crippen molar-refractivity contribution in [1.82, 2.24) is 5.32 Å². The fraction of sp³-hybridized carbons (Fsp3) is 0.455. The van der Waals surface area contributed by atoms with E-state index in [4.69, 9.17) is 4.74 Å². The molecular weight excluding hydrogens is 181 g/mol. The van der Waals surface area contributed by atoms with Crippen LogP contribution in [0.4, 0.5) is 4.39 Å². The molecule has 1 aromatic carbocycles. The predicted molar refractivity (Wildman–Crippen MR) is 55.4 cm³/mol. The molecule has 0 aliphatic heterocycles. The molecule has 2 atom stereocenters. The molecule has 0 bridgehead atoms. The van der Waals surface area contributed by atoms with Crippen LogP contribution in [0.25, 0.3) is 0 Å². The highest BCUT2D eigenvalue weighted by atomic mass is 19.1. The lowest BCUT2D eigenvalue weighted by Crippen LogP contribution is -2.26. The maximum absolute atomic E-state index is 13.8. The standard InChI is InChI=1S/C11H16FNO/c1-8(13-2)11(12)9-6-4-5-7-10(9)14-3/h4-8,11,13H,1-3H3. The summed E-state index contributed by atoms with van der Waals surface area (Å²) in [7, 11) is 3.29. The van der Waals surface area contributed by atoms with Gasteiger partial charge in [0, 0.05) is 11.6 Å². The summed E-state index contributed by atoms with van der Waals surface area (Å²) in [6.45, 7) is 1.80. The van der Waals surface area contributed by atoms with E-state index in [1.54, 1.807) is 33.2 Å². The normalized spacial score (nSPS) is 14.9. The van der Waals surface area contributed by atoms with Crippen molar-refractivity contribution in [3.05, 3.63) is 29.8 Å². The zero-order chi connectivity index (χ0) is 10.6. The second-order valence-corrected chi connectivity index (χ2v) is 3.22. The largest absolute Gasteiger partial charge is 0.496 e. The van der Waals surface area contributed by atoms with Crippen molar-refractivity contribution < 1.29 is 9.13 Å². The minimum absolute atomic E-state index is 0.216. The predicted octanol–water partition coefficient (Wildman–Crippen LogP) is 2.31. The van der Waals surface area contributed by atoms with Gasteiger partial charge in [0.25, 0.3) is 0 Å². The van der Waals surface area contributed by atoms with Crippen molar-refractivity contribution in [2.24, 2.45) is 0 Å². The molecule has 0 heterocycles. The molecule has 0 spiro atoms. The molecule has 78 valence electrons. The van der Waals surface area contributed by atoms with E-state index in [-0.39, 0.29) is 6.04 Å². The van der Waals surface area contributed by atoms with Gasteiger partial charge in [-0.05, 0) is 20.0 Å². The highest BCUT2D eigenvalue weighted by molar-refractivity contribution is 5.35. The average Bonchev–Trinajstić information content (AvgIpc) is 2.26. The molecule has 14 heavy (non-hydrogen) atoms. The van der Waals surface area contributed by atoms with Gasteiger partial charge in [0.15, 0.2) is 0 Å². The van der Waals surface area contributed by atoms with E-state index < -0.39 is 6.17 Å². The first kappa shape index (κ1) is 11.0. The van der Waals surface area contributed by atoms with Gasteiger partial charge in [-0.3, -0.25) is 0 Å². The molecule has 2 unspecified atom stereocenters. The summed E-state index contributed by atoms with van der Waals surface area (Å²) in [5.74, 6) is 0.599. The topological polar surface area (TPSA) is 21.3 Å². The van der Waals surface area contributed by atoms with E-state index in [9.17, 15) is 4.39 Å². The molecule has 0 saturated carbocycles. The van der Waals surface area contributed by atoms with Gasteiger partial charge in [-0.25, -0.2) is 4.39 Å². The number of hydrogen-bond donors (Lipinski definition) is 1. The third-order valence-corrected chi connectivity index (χ3v) is 2.33. The lowest BCUT2D eigenvalue weighted by molar-refractivity contribution is 0.265. The molecule has 2 nitrogen and oxygen atoms in total. The number of nitrogens with one attached hydrogen (secondary N) is 1.